The van der Waals surface area contributed by atoms with Gasteiger partial charge in [-0.25, -0.2) is 4.39 Å². The number of ether oxygens (including phenoxy) is 1. The molecular weight excluding hydrogens is 233 g/mol. The summed E-state index contributed by atoms with van der Waals surface area (Å²) in [7, 11) is 0. The van der Waals surface area contributed by atoms with Crippen molar-refractivity contribution in [2.45, 2.75) is 19.3 Å². The fourth-order valence-electron chi connectivity index (χ4n) is 2.17. The lowest BCUT2D eigenvalue weighted by Crippen LogP contribution is -2.36. The number of aldehydes is 1. The molecule has 2 rings (SSSR count). The summed E-state index contributed by atoms with van der Waals surface area (Å²) >= 11 is 0. The first kappa shape index (κ1) is 13.0. The van der Waals surface area contributed by atoms with Gasteiger partial charge in [-0.05, 0) is 23.6 Å². The molecule has 1 saturated heterocycles. The second-order valence-electron chi connectivity index (χ2n) is 4.61. The molecule has 1 aliphatic rings. The van der Waals surface area contributed by atoms with Gasteiger partial charge in [-0.15, -0.1) is 0 Å². The van der Waals surface area contributed by atoms with Gasteiger partial charge < -0.3 is 14.4 Å². The van der Waals surface area contributed by atoms with Crippen LogP contribution in [0.15, 0.2) is 18.2 Å². The third-order valence-electron chi connectivity index (χ3n) is 3.34. The zero-order chi connectivity index (χ0) is 13.0. The molecule has 1 aromatic rings. The minimum Gasteiger partial charge on any atom is -0.378 e. The first-order chi connectivity index (χ1) is 8.72. The van der Waals surface area contributed by atoms with Gasteiger partial charge in [-0.1, -0.05) is 13.0 Å². The zero-order valence-electron chi connectivity index (χ0n) is 10.6. The summed E-state index contributed by atoms with van der Waals surface area (Å²) in [5.41, 5.74) is 1.50. The SMILES string of the molecule is CC(CC=O)c1ccc(N2CCOCC2)c(F)c1. The topological polar surface area (TPSA) is 29.5 Å². The number of morpholine rings is 1. The van der Waals surface area contributed by atoms with Crippen LogP contribution in [0.25, 0.3) is 0 Å². The van der Waals surface area contributed by atoms with Crippen molar-refractivity contribution in [2.24, 2.45) is 0 Å². The number of hydrogen-bond acceptors (Lipinski definition) is 3. The van der Waals surface area contributed by atoms with Crippen molar-refractivity contribution in [3.05, 3.63) is 29.6 Å². The van der Waals surface area contributed by atoms with Crippen molar-refractivity contribution in [3.8, 4) is 0 Å². The predicted octanol–water partition coefficient (Wildman–Crippen LogP) is 2.35. The van der Waals surface area contributed by atoms with E-state index < -0.39 is 0 Å². The van der Waals surface area contributed by atoms with E-state index in [9.17, 15) is 9.18 Å². The highest BCUT2D eigenvalue weighted by Crippen LogP contribution is 2.26. The molecule has 0 N–H and O–H groups in total. The lowest BCUT2D eigenvalue weighted by atomic mass is 9.98. The summed E-state index contributed by atoms with van der Waals surface area (Å²) in [4.78, 5) is 12.5. The summed E-state index contributed by atoms with van der Waals surface area (Å²) < 4.78 is 19.3. The monoisotopic (exact) mass is 251 g/mol. The van der Waals surface area contributed by atoms with E-state index in [2.05, 4.69) is 0 Å². The Morgan fingerprint density at radius 3 is 2.78 bits per heavy atom. The van der Waals surface area contributed by atoms with Gasteiger partial charge in [0.2, 0.25) is 0 Å². The summed E-state index contributed by atoms with van der Waals surface area (Å²) in [6.45, 7) is 4.66. The molecule has 0 radical (unpaired) electrons. The Kier molecular flexibility index (Phi) is 4.31. The third-order valence-corrected chi connectivity index (χ3v) is 3.34. The van der Waals surface area contributed by atoms with E-state index in [4.69, 9.17) is 4.74 Å². The number of carbonyl (C=O) groups excluding carboxylic acids is 1. The maximum atomic E-state index is 14.1. The van der Waals surface area contributed by atoms with Crippen LogP contribution in [0.2, 0.25) is 0 Å². The third kappa shape index (κ3) is 2.88. The second-order valence-corrected chi connectivity index (χ2v) is 4.61. The van der Waals surface area contributed by atoms with Gasteiger partial charge in [0.25, 0.3) is 0 Å². The highest BCUT2D eigenvalue weighted by atomic mass is 19.1. The molecule has 18 heavy (non-hydrogen) atoms. The quantitative estimate of drug-likeness (QED) is 0.769. The fraction of sp³-hybridized carbons (Fsp3) is 0.500. The predicted molar refractivity (Wildman–Crippen MR) is 68.5 cm³/mol. The molecule has 1 fully saturated rings. The van der Waals surface area contributed by atoms with Crippen LogP contribution in [0.1, 0.15) is 24.8 Å². The van der Waals surface area contributed by atoms with Crippen molar-refractivity contribution < 1.29 is 13.9 Å². The molecule has 98 valence electrons. The standard InChI is InChI=1S/C14H18FNO2/c1-11(4-7-17)12-2-3-14(13(15)10-12)16-5-8-18-9-6-16/h2-3,7,10-11H,4-6,8-9H2,1H3. The summed E-state index contributed by atoms with van der Waals surface area (Å²) in [5, 5.41) is 0. The van der Waals surface area contributed by atoms with Crippen molar-refractivity contribution in [2.75, 3.05) is 31.2 Å². The lowest BCUT2D eigenvalue weighted by Gasteiger charge is -2.29. The molecule has 1 heterocycles. The van der Waals surface area contributed by atoms with E-state index in [1.807, 2.05) is 17.9 Å². The molecule has 0 aromatic heterocycles. The van der Waals surface area contributed by atoms with E-state index in [-0.39, 0.29) is 11.7 Å². The first-order valence-corrected chi connectivity index (χ1v) is 6.28. The Bertz CT molecular complexity index is 416. The highest BCUT2D eigenvalue weighted by molar-refractivity contribution is 5.53. The number of hydrogen-bond donors (Lipinski definition) is 0. The molecule has 4 heteroatoms. The van der Waals surface area contributed by atoms with Crippen LogP contribution in [0, 0.1) is 5.82 Å². The van der Waals surface area contributed by atoms with Crippen molar-refractivity contribution >= 4 is 12.0 Å². The lowest BCUT2D eigenvalue weighted by molar-refractivity contribution is -0.108. The largest absolute Gasteiger partial charge is 0.378 e. The Morgan fingerprint density at radius 2 is 2.17 bits per heavy atom. The van der Waals surface area contributed by atoms with Gasteiger partial charge in [0.05, 0.1) is 18.9 Å². The molecule has 1 atom stereocenters. The fourth-order valence-corrected chi connectivity index (χ4v) is 2.17. The smallest absolute Gasteiger partial charge is 0.146 e. The van der Waals surface area contributed by atoms with Gasteiger partial charge in [0, 0.05) is 19.5 Å². The van der Waals surface area contributed by atoms with Gasteiger partial charge >= 0.3 is 0 Å². The average Bonchev–Trinajstić information content (AvgIpc) is 2.40. The van der Waals surface area contributed by atoms with Gasteiger partial charge in [0.1, 0.15) is 12.1 Å². The molecule has 1 aliphatic heterocycles. The first-order valence-electron chi connectivity index (χ1n) is 6.28. The molecule has 0 bridgehead atoms. The highest BCUT2D eigenvalue weighted by Gasteiger charge is 2.16. The molecule has 1 aromatic carbocycles. The van der Waals surface area contributed by atoms with E-state index in [0.717, 1.165) is 24.9 Å². The van der Waals surface area contributed by atoms with Gasteiger partial charge in [0.15, 0.2) is 0 Å². The number of anilines is 1. The number of nitrogens with zero attached hydrogens (tertiary/aromatic N) is 1. The maximum Gasteiger partial charge on any atom is 0.146 e. The normalized spacial score (nSPS) is 17.6. The Hall–Kier alpha value is -1.42. The van der Waals surface area contributed by atoms with Crippen LogP contribution in [0.5, 0.6) is 0 Å². The zero-order valence-corrected chi connectivity index (χ0v) is 10.6. The number of benzene rings is 1. The van der Waals surface area contributed by atoms with Gasteiger partial charge in [-0.3, -0.25) is 0 Å². The van der Waals surface area contributed by atoms with Crippen LogP contribution in [0.3, 0.4) is 0 Å². The van der Waals surface area contributed by atoms with E-state index in [1.54, 1.807) is 12.1 Å². The molecule has 0 saturated carbocycles. The van der Waals surface area contributed by atoms with Crippen molar-refractivity contribution in [1.29, 1.82) is 0 Å². The Balaban J connectivity index is 2.16. The number of carbonyl (C=O) groups is 1. The van der Waals surface area contributed by atoms with Gasteiger partial charge in [-0.2, -0.15) is 0 Å². The van der Waals surface area contributed by atoms with E-state index >= 15 is 0 Å². The minimum atomic E-state index is -0.216. The molecule has 0 amide bonds. The van der Waals surface area contributed by atoms with Crippen LogP contribution in [-0.4, -0.2) is 32.6 Å². The van der Waals surface area contributed by atoms with Crippen molar-refractivity contribution in [3.63, 3.8) is 0 Å². The number of rotatable bonds is 4. The molecular formula is C14H18FNO2. The average molecular weight is 251 g/mol. The van der Waals surface area contributed by atoms with Crippen LogP contribution < -0.4 is 4.90 Å². The Morgan fingerprint density at radius 1 is 1.44 bits per heavy atom. The second kappa shape index (κ2) is 5.96. The van der Waals surface area contributed by atoms with E-state index in [0.29, 0.717) is 25.3 Å². The minimum absolute atomic E-state index is 0.0655. The molecule has 3 nitrogen and oxygen atoms in total. The van der Waals surface area contributed by atoms with Crippen LogP contribution in [-0.2, 0) is 9.53 Å². The van der Waals surface area contributed by atoms with Crippen LogP contribution in [0.4, 0.5) is 10.1 Å². The van der Waals surface area contributed by atoms with Crippen molar-refractivity contribution in [1.82, 2.24) is 0 Å². The molecule has 0 aliphatic carbocycles. The number of halogens is 1. The maximum absolute atomic E-state index is 14.1. The molecule has 0 spiro atoms. The summed E-state index contributed by atoms with van der Waals surface area (Å²) in [6.07, 6.45) is 1.30. The van der Waals surface area contributed by atoms with E-state index in [1.165, 1.54) is 0 Å². The summed E-state index contributed by atoms with van der Waals surface area (Å²) in [6, 6.07) is 5.25. The molecule has 1 unspecified atom stereocenters. The summed E-state index contributed by atoms with van der Waals surface area (Å²) in [5.74, 6) is -0.150. The van der Waals surface area contributed by atoms with Crippen LogP contribution >= 0.6 is 0 Å². The Labute approximate surface area is 107 Å².